The number of aromatic nitrogens is 2. The van der Waals surface area contributed by atoms with Gasteiger partial charge in [-0.05, 0) is 6.92 Å². The molecule has 0 aliphatic rings. The summed E-state index contributed by atoms with van der Waals surface area (Å²) in [7, 11) is 1.61. The van der Waals surface area contributed by atoms with Gasteiger partial charge in [0.05, 0.1) is 6.61 Å². The molecule has 72 valence electrons. The molecule has 5 heteroatoms. The molecule has 0 saturated carbocycles. The summed E-state index contributed by atoms with van der Waals surface area (Å²) in [6, 6.07) is 1.57. The smallest absolute Gasteiger partial charge is 0.218 e. The summed E-state index contributed by atoms with van der Waals surface area (Å²) in [5.74, 6) is 1.08. The predicted molar refractivity (Wildman–Crippen MR) is 49.2 cm³/mol. The number of ether oxygens (including phenoxy) is 2. The highest BCUT2D eigenvalue weighted by atomic mass is 35.5. The third-order valence-electron chi connectivity index (χ3n) is 1.32. The van der Waals surface area contributed by atoms with Gasteiger partial charge in [-0.25, -0.2) is 4.98 Å². The van der Waals surface area contributed by atoms with Crippen LogP contribution in [0.3, 0.4) is 0 Å². The summed E-state index contributed by atoms with van der Waals surface area (Å²) in [6.07, 6.45) is 0. The molecule has 0 radical (unpaired) electrons. The fraction of sp³-hybridized carbons (Fsp3) is 0.500. The van der Waals surface area contributed by atoms with Crippen molar-refractivity contribution in [3.63, 3.8) is 0 Å². The van der Waals surface area contributed by atoms with Crippen molar-refractivity contribution >= 4 is 11.6 Å². The van der Waals surface area contributed by atoms with Crippen molar-refractivity contribution in [2.75, 3.05) is 20.3 Å². The van der Waals surface area contributed by atoms with Crippen molar-refractivity contribution < 1.29 is 9.47 Å². The lowest BCUT2D eigenvalue weighted by molar-refractivity contribution is 0.143. The van der Waals surface area contributed by atoms with E-state index in [4.69, 9.17) is 21.1 Å². The number of hydrogen-bond donors (Lipinski definition) is 0. The summed E-state index contributed by atoms with van der Waals surface area (Å²) in [5.41, 5.74) is 0. The molecule has 1 heterocycles. The lowest BCUT2D eigenvalue weighted by atomic mass is 10.6. The molecule has 1 aromatic heterocycles. The lowest BCUT2D eigenvalue weighted by Gasteiger charge is -2.04. The Kier molecular flexibility index (Phi) is 3.92. The first-order valence-electron chi connectivity index (χ1n) is 3.85. The zero-order valence-electron chi connectivity index (χ0n) is 7.58. The van der Waals surface area contributed by atoms with Gasteiger partial charge in [0, 0.05) is 13.2 Å². The maximum Gasteiger partial charge on any atom is 0.218 e. The normalized spacial score (nSPS) is 10.1. The molecule has 4 nitrogen and oxygen atoms in total. The Labute approximate surface area is 81.9 Å². The topological polar surface area (TPSA) is 44.2 Å². The summed E-state index contributed by atoms with van der Waals surface area (Å²) in [5, 5.41) is 0.389. The molecule has 0 N–H and O–H groups in total. The van der Waals surface area contributed by atoms with Gasteiger partial charge in [0.25, 0.3) is 0 Å². The first-order chi connectivity index (χ1) is 6.22. The number of aryl methyl sites for hydroxylation is 1. The minimum absolute atomic E-state index is 0.389. The molecule has 0 aliphatic heterocycles. The maximum atomic E-state index is 5.70. The Bertz CT molecular complexity index is 261. The van der Waals surface area contributed by atoms with Crippen LogP contribution < -0.4 is 4.74 Å². The van der Waals surface area contributed by atoms with Crippen molar-refractivity contribution in [3.8, 4) is 5.88 Å². The van der Waals surface area contributed by atoms with E-state index in [0.29, 0.717) is 30.1 Å². The number of rotatable bonds is 4. The van der Waals surface area contributed by atoms with Gasteiger partial charge < -0.3 is 9.47 Å². The molecule has 0 atom stereocenters. The van der Waals surface area contributed by atoms with Gasteiger partial charge in [-0.3, -0.25) is 0 Å². The minimum atomic E-state index is 0.389. The molecule has 0 fully saturated rings. The SMILES string of the molecule is COCCOc1cc(Cl)nc(C)n1. The number of nitrogens with zero attached hydrogens (tertiary/aromatic N) is 2. The Balaban J connectivity index is 2.56. The van der Waals surface area contributed by atoms with Crippen LogP contribution in [0, 0.1) is 6.92 Å². The van der Waals surface area contributed by atoms with Crippen molar-refractivity contribution in [3.05, 3.63) is 17.0 Å². The first kappa shape index (κ1) is 10.2. The largest absolute Gasteiger partial charge is 0.475 e. The second-order valence-electron chi connectivity index (χ2n) is 2.42. The fourth-order valence-electron chi connectivity index (χ4n) is 0.809. The van der Waals surface area contributed by atoms with E-state index in [0.717, 1.165) is 0 Å². The van der Waals surface area contributed by atoms with E-state index in [1.165, 1.54) is 0 Å². The van der Waals surface area contributed by atoms with Crippen molar-refractivity contribution in [1.29, 1.82) is 0 Å². The summed E-state index contributed by atoms with van der Waals surface area (Å²) in [4.78, 5) is 7.94. The van der Waals surface area contributed by atoms with Gasteiger partial charge in [0.1, 0.15) is 17.6 Å². The zero-order chi connectivity index (χ0) is 9.68. The van der Waals surface area contributed by atoms with Crippen LogP contribution in [0.5, 0.6) is 5.88 Å². The van der Waals surface area contributed by atoms with Crippen LogP contribution in [0.15, 0.2) is 6.07 Å². The Morgan fingerprint density at radius 1 is 1.38 bits per heavy atom. The Morgan fingerprint density at radius 2 is 2.15 bits per heavy atom. The third-order valence-corrected chi connectivity index (χ3v) is 1.51. The third kappa shape index (κ3) is 3.57. The molecular formula is C8H11ClN2O2. The monoisotopic (exact) mass is 202 g/mol. The molecule has 0 saturated heterocycles. The lowest BCUT2D eigenvalue weighted by Crippen LogP contribution is -2.06. The molecule has 0 aromatic carbocycles. The molecule has 13 heavy (non-hydrogen) atoms. The highest BCUT2D eigenvalue weighted by Crippen LogP contribution is 2.12. The quantitative estimate of drug-likeness (QED) is 0.548. The molecule has 1 aromatic rings. The van der Waals surface area contributed by atoms with Crippen LogP contribution >= 0.6 is 11.6 Å². The summed E-state index contributed by atoms with van der Waals surface area (Å²) < 4.78 is 10.1. The number of methoxy groups -OCH3 is 1. The van der Waals surface area contributed by atoms with Gasteiger partial charge in [0.2, 0.25) is 5.88 Å². The summed E-state index contributed by atoms with van der Waals surface area (Å²) in [6.45, 7) is 2.75. The van der Waals surface area contributed by atoms with E-state index in [1.807, 2.05) is 0 Å². The maximum absolute atomic E-state index is 5.70. The second kappa shape index (κ2) is 4.99. The molecule has 0 amide bonds. The van der Waals surface area contributed by atoms with Crippen molar-refractivity contribution in [2.45, 2.75) is 6.92 Å². The van der Waals surface area contributed by atoms with E-state index in [-0.39, 0.29) is 0 Å². The Hall–Kier alpha value is -0.870. The first-order valence-corrected chi connectivity index (χ1v) is 4.23. The number of halogens is 1. The van der Waals surface area contributed by atoms with Gasteiger partial charge in [-0.2, -0.15) is 4.98 Å². The average Bonchev–Trinajstić information content (AvgIpc) is 2.03. The van der Waals surface area contributed by atoms with Crippen LogP contribution in [0.1, 0.15) is 5.82 Å². The van der Waals surface area contributed by atoms with Crippen LogP contribution in [0.25, 0.3) is 0 Å². The summed E-state index contributed by atoms with van der Waals surface area (Å²) >= 11 is 5.70. The highest BCUT2D eigenvalue weighted by molar-refractivity contribution is 6.29. The zero-order valence-corrected chi connectivity index (χ0v) is 8.34. The number of hydrogen-bond acceptors (Lipinski definition) is 4. The second-order valence-corrected chi connectivity index (χ2v) is 2.80. The molecule has 0 bridgehead atoms. The van der Waals surface area contributed by atoms with Crippen molar-refractivity contribution in [2.24, 2.45) is 0 Å². The van der Waals surface area contributed by atoms with Gasteiger partial charge in [-0.15, -0.1) is 0 Å². The van der Waals surface area contributed by atoms with E-state index in [9.17, 15) is 0 Å². The van der Waals surface area contributed by atoms with Gasteiger partial charge >= 0.3 is 0 Å². The Morgan fingerprint density at radius 3 is 2.77 bits per heavy atom. The highest BCUT2D eigenvalue weighted by Gasteiger charge is 1.99. The standard InChI is InChI=1S/C8H11ClN2O2/c1-6-10-7(9)5-8(11-6)13-4-3-12-2/h5H,3-4H2,1-2H3. The van der Waals surface area contributed by atoms with Crippen molar-refractivity contribution in [1.82, 2.24) is 9.97 Å². The van der Waals surface area contributed by atoms with E-state index >= 15 is 0 Å². The fourth-order valence-corrected chi connectivity index (χ4v) is 1.02. The molecular weight excluding hydrogens is 192 g/mol. The van der Waals surface area contributed by atoms with E-state index < -0.39 is 0 Å². The van der Waals surface area contributed by atoms with E-state index in [2.05, 4.69) is 9.97 Å². The van der Waals surface area contributed by atoms with Crippen LogP contribution in [-0.4, -0.2) is 30.3 Å². The average molecular weight is 203 g/mol. The molecule has 1 rings (SSSR count). The van der Waals surface area contributed by atoms with Gasteiger partial charge in [-0.1, -0.05) is 11.6 Å². The minimum Gasteiger partial charge on any atom is -0.475 e. The molecule has 0 spiro atoms. The van der Waals surface area contributed by atoms with Crippen LogP contribution in [-0.2, 0) is 4.74 Å². The molecule has 0 unspecified atom stereocenters. The van der Waals surface area contributed by atoms with Crippen LogP contribution in [0.4, 0.5) is 0 Å². The van der Waals surface area contributed by atoms with Crippen LogP contribution in [0.2, 0.25) is 5.15 Å². The predicted octanol–water partition coefficient (Wildman–Crippen LogP) is 1.46. The molecule has 0 aliphatic carbocycles. The van der Waals surface area contributed by atoms with E-state index in [1.54, 1.807) is 20.1 Å². The van der Waals surface area contributed by atoms with Gasteiger partial charge in [0.15, 0.2) is 0 Å².